The lowest BCUT2D eigenvalue weighted by molar-refractivity contribution is -0.127. The molecule has 1 N–H and O–H groups in total. The lowest BCUT2D eigenvalue weighted by Crippen LogP contribution is -2.38. The van der Waals surface area contributed by atoms with Crippen molar-refractivity contribution in [2.45, 2.75) is 25.7 Å². The Morgan fingerprint density at radius 3 is 3.00 bits per heavy atom. The number of likely N-dealkylation sites (tertiary alicyclic amines) is 1. The summed E-state index contributed by atoms with van der Waals surface area (Å²) in [5, 5.41) is 3.15. The number of carbonyl (C=O) groups excluding carboxylic acids is 1. The Balaban J connectivity index is 1.80. The second-order valence-electron chi connectivity index (χ2n) is 5.80. The van der Waals surface area contributed by atoms with Crippen LogP contribution in [0.4, 0.5) is 11.6 Å². The molecule has 0 spiro atoms. The van der Waals surface area contributed by atoms with Gasteiger partial charge in [-0.05, 0) is 25.8 Å². The number of hydrogen-bond donors (Lipinski definition) is 1. The van der Waals surface area contributed by atoms with Crippen LogP contribution in [0.1, 0.15) is 30.3 Å². The van der Waals surface area contributed by atoms with Gasteiger partial charge in [0.25, 0.3) is 0 Å². The fourth-order valence-corrected chi connectivity index (χ4v) is 2.85. The highest BCUT2D eigenvalue weighted by molar-refractivity contribution is 5.87. The normalized spacial score (nSPS) is 17.4. The molecule has 2 aromatic rings. The van der Waals surface area contributed by atoms with Crippen molar-refractivity contribution < 1.29 is 4.79 Å². The summed E-state index contributed by atoms with van der Waals surface area (Å²) in [6, 6.07) is 1.87. The maximum Gasteiger partial charge on any atom is 0.245 e. The van der Waals surface area contributed by atoms with Crippen molar-refractivity contribution >= 4 is 17.5 Å². The molecule has 124 valence electrons. The van der Waals surface area contributed by atoms with Gasteiger partial charge in [-0.15, -0.1) is 0 Å². The Bertz CT molecular complexity index is 733. The van der Waals surface area contributed by atoms with Gasteiger partial charge in [0.05, 0.1) is 6.20 Å². The first-order valence-electron chi connectivity index (χ1n) is 7.95. The van der Waals surface area contributed by atoms with E-state index in [1.165, 1.54) is 6.08 Å². The molecule has 0 bridgehead atoms. The SMILES string of the molecule is C=CC(=O)N1CCC[C@H](c2nc(C)cc(Nc3cnccn3)n2)C1. The van der Waals surface area contributed by atoms with Gasteiger partial charge in [-0.1, -0.05) is 6.58 Å². The molecule has 0 saturated carbocycles. The standard InChI is InChI=1S/C17H20N6O/c1-3-16(24)23-8-4-5-13(11-23)17-20-12(2)9-14(22-17)21-15-10-18-6-7-19-15/h3,6-7,9-10,13H,1,4-5,8,11H2,2H3,(H,19,20,21,22)/t13-/m0/s1. The Kier molecular flexibility index (Phi) is 4.79. The Hall–Kier alpha value is -2.83. The molecule has 2 aromatic heterocycles. The van der Waals surface area contributed by atoms with Crippen LogP contribution in [-0.4, -0.2) is 43.8 Å². The molecule has 0 aromatic carbocycles. The second kappa shape index (κ2) is 7.16. The molecule has 1 atom stereocenters. The van der Waals surface area contributed by atoms with E-state index in [1.807, 2.05) is 17.9 Å². The second-order valence-corrected chi connectivity index (χ2v) is 5.80. The molecule has 7 heteroatoms. The van der Waals surface area contributed by atoms with Gasteiger partial charge in [-0.2, -0.15) is 0 Å². The van der Waals surface area contributed by atoms with E-state index in [2.05, 4.69) is 31.8 Å². The summed E-state index contributed by atoms with van der Waals surface area (Å²) in [6.45, 7) is 6.88. The van der Waals surface area contributed by atoms with Gasteiger partial charge in [-0.25, -0.2) is 15.0 Å². The van der Waals surface area contributed by atoms with Crippen LogP contribution >= 0.6 is 0 Å². The van der Waals surface area contributed by atoms with Gasteiger partial charge in [-0.3, -0.25) is 9.78 Å². The van der Waals surface area contributed by atoms with Crippen molar-refractivity contribution in [3.63, 3.8) is 0 Å². The molecule has 0 unspecified atom stereocenters. The highest BCUT2D eigenvalue weighted by Crippen LogP contribution is 2.26. The Morgan fingerprint density at radius 2 is 2.25 bits per heavy atom. The Morgan fingerprint density at radius 1 is 1.38 bits per heavy atom. The van der Waals surface area contributed by atoms with Crippen LogP contribution in [0.5, 0.6) is 0 Å². The van der Waals surface area contributed by atoms with Crippen molar-refractivity contribution in [2.75, 3.05) is 18.4 Å². The summed E-state index contributed by atoms with van der Waals surface area (Å²) >= 11 is 0. The molecule has 24 heavy (non-hydrogen) atoms. The van der Waals surface area contributed by atoms with Crippen LogP contribution in [0.15, 0.2) is 37.3 Å². The molecular weight excluding hydrogens is 304 g/mol. The molecule has 7 nitrogen and oxygen atoms in total. The van der Waals surface area contributed by atoms with Crippen LogP contribution in [0.25, 0.3) is 0 Å². The van der Waals surface area contributed by atoms with Crippen LogP contribution in [0, 0.1) is 6.92 Å². The third-order valence-corrected chi connectivity index (χ3v) is 3.96. The quantitative estimate of drug-likeness (QED) is 0.868. The van der Waals surface area contributed by atoms with Crippen molar-refractivity contribution in [1.82, 2.24) is 24.8 Å². The topological polar surface area (TPSA) is 83.9 Å². The molecule has 3 rings (SSSR count). The minimum atomic E-state index is -0.0368. The predicted molar refractivity (Wildman–Crippen MR) is 90.8 cm³/mol. The zero-order valence-corrected chi connectivity index (χ0v) is 13.6. The minimum Gasteiger partial charge on any atom is -0.338 e. The monoisotopic (exact) mass is 324 g/mol. The predicted octanol–water partition coefficient (Wildman–Crippen LogP) is 2.21. The smallest absolute Gasteiger partial charge is 0.245 e. The van der Waals surface area contributed by atoms with E-state index in [0.29, 0.717) is 18.2 Å². The van der Waals surface area contributed by atoms with Crippen LogP contribution in [-0.2, 0) is 4.79 Å². The molecule has 0 radical (unpaired) electrons. The average molecular weight is 324 g/mol. The molecule has 1 fully saturated rings. The van der Waals surface area contributed by atoms with E-state index < -0.39 is 0 Å². The summed E-state index contributed by atoms with van der Waals surface area (Å²) in [4.78, 5) is 31.1. The molecule has 1 aliphatic heterocycles. The number of nitrogens with zero attached hydrogens (tertiary/aromatic N) is 5. The van der Waals surface area contributed by atoms with Crippen molar-refractivity contribution in [2.24, 2.45) is 0 Å². The van der Waals surface area contributed by atoms with Crippen molar-refractivity contribution in [1.29, 1.82) is 0 Å². The third-order valence-electron chi connectivity index (χ3n) is 3.96. The molecular formula is C17H20N6O. The van der Waals surface area contributed by atoms with Crippen molar-refractivity contribution in [3.05, 3.63) is 48.8 Å². The van der Waals surface area contributed by atoms with Crippen LogP contribution < -0.4 is 5.32 Å². The molecule has 1 amide bonds. The highest BCUT2D eigenvalue weighted by atomic mass is 16.2. The van der Waals surface area contributed by atoms with Crippen molar-refractivity contribution in [3.8, 4) is 0 Å². The van der Waals surface area contributed by atoms with Gasteiger partial charge in [0.2, 0.25) is 5.91 Å². The Labute approximate surface area is 140 Å². The third kappa shape index (κ3) is 3.73. The minimum absolute atomic E-state index is 0.0368. The fraction of sp³-hybridized carbons (Fsp3) is 0.353. The first-order valence-corrected chi connectivity index (χ1v) is 7.95. The van der Waals surface area contributed by atoms with Gasteiger partial charge in [0.15, 0.2) is 0 Å². The summed E-state index contributed by atoms with van der Waals surface area (Å²) in [5.74, 6) is 2.16. The number of amides is 1. The summed E-state index contributed by atoms with van der Waals surface area (Å²) < 4.78 is 0. The maximum atomic E-state index is 11.9. The van der Waals surface area contributed by atoms with E-state index in [9.17, 15) is 4.79 Å². The largest absolute Gasteiger partial charge is 0.338 e. The number of nitrogens with one attached hydrogen (secondary N) is 1. The number of carbonyl (C=O) groups is 1. The van der Waals surface area contributed by atoms with E-state index in [-0.39, 0.29) is 11.8 Å². The number of hydrogen-bond acceptors (Lipinski definition) is 6. The zero-order chi connectivity index (χ0) is 16.9. The van der Waals surface area contributed by atoms with Gasteiger partial charge in [0, 0.05) is 43.2 Å². The summed E-state index contributed by atoms with van der Waals surface area (Å²) in [7, 11) is 0. The highest BCUT2D eigenvalue weighted by Gasteiger charge is 2.25. The summed E-state index contributed by atoms with van der Waals surface area (Å²) in [5.41, 5.74) is 0.874. The summed E-state index contributed by atoms with van der Waals surface area (Å²) in [6.07, 6.45) is 8.15. The van der Waals surface area contributed by atoms with E-state index in [0.717, 1.165) is 30.9 Å². The van der Waals surface area contributed by atoms with Crippen LogP contribution in [0.3, 0.4) is 0 Å². The molecule has 1 saturated heterocycles. The molecule has 0 aliphatic carbocycles. The number of aryl methyl sites for hydroxylation is 1. The van der Waals surface area contributed by atoms with E-state index >= 15 is 0 Å². The lowest BCUT2D eigenvalue weighted by Gasteiger charge is -2.31. The maximum absolute atomic E-state index is 11.9. The van der Waals surface area contributed by atoms with E-state index in [4.69, 9.17) is 0 Å². The van der Waals surface area contributed by atoms with E-state index in [1.54, 1.807) is 18.6 Å². The number of rotatable bonds is 4. The van der Waals surface area contributed by atoms with Crippen LogP contribution in [0.2, 0.25) is 0 Å². The fourth-order valence-electron chi connectivity index (χ4n) is 2.85. The number of anilines is 2. The lowest BCUT2D eigenvalue weighted by atomic mass is 9.97. The number of piperidine rings is 1. The van der Waals surface area contributed by atoms with Gasteiger partial charge in [0.1, 0.15) is 17.5 Å². The first-order chi connectivity index (χ1) is 11.7. The molecule has 1 aliphatic rings. The zero-order valence-electron chi connectivity index (χ0n) is 13.6. The first kappa shape index (κ1) is 16.0. The van der Waals surface area contributed by atoms with Gasteiger partial charge < -0.3 is 10.2 Å². The average Bonchev–Trinajstić information content (AvgIpc) is 2.61. The number of aromatic nitrogens is 4. The van der Waals surface area contributed by atoms with Gasteiger partial charge >= 0.3 is 0 Å². The molecule has 3 heterocycles.